The van der Waals surface area contributed by atoms with Crippen molar-refractivity contribution in [2.45, 2.75) is 20.3 Å². The Labute approximate surface area is 297 Å². The zero-order valence-corrected chi connectivity index (χ0v) is 28.4. The Balaban J connectivity index is 1.34. The Kier molecular flexibility index (Phi) is 7.04. The van der Waals surface area contributed by atoms with Crippen molar-refractivity contribution in [1.29, 1.82) is 0 Å². The van der Waals surface area contributed by atoms with E-state index in [9.17, 15) is 20.2 Å². The summed E-state index contributed by atoms with van der Waals surface area (Å²) in [5, 5.41) is 28.2. The fourth-order valence-corrected chi connectivity index (χ4v) is 7.81. The molecule has 0 bridgehead atoms. The van der Waals surface area contributed by atoms with Gasteiger partial charge in [0.2, 0.25) is 0 Å². The summed E-state index contributed by atoms with van der Waals surface area (Å²) >= 11 is 0. The number of allylic oxidation sites excluding steroid dienone is 1. The number of fused-ring (bicyclic) bond motifs is 7. The first-order valence-electron chi connectivity index (χ1n) is 17.1. The van der Waals surface area contributed by atoms with Gasteiger partial charge in [-0.15, -0.1) is 0 Å². The van der Waals surface area contributed by atoms with Crippen molar-refractivity contribution in [3.63, 3.8) is 0 Å². The van der Waals surface area contributed by atoms with Crippen molar-refractivity contribution in [3.8, 4) is 17.1 Å². The topological polar surface area (TPSA) is 101 Å². The summed E-state index contributed by atoms with van der Waals surface area (Å²) in [4.78, 5) is 22.8. The van der Waals surface area contributed by atoms with E-state index in [1.807, 2.05) is 54.6 Å². The molecule has 9 aromatic rings. The van der Waals surface area contributed by atoms with Gasteiger partial charge in [-0.25, -0.2) is 0 Å². The Morgan fingerprint density at radius 1 is 0.519 bits per heavy atom. The van der Waals surface area contributed by atoms with Crippen LogP contribution < -0.4 is 0 Å². The average molecular weight is 682 g/mol. The second-order valence-electron chi connectivity index (χ2n) is 13.0. The predicted octanol–water partition coefficient (Wildman–Crippen LogP) is 11.4. The van der Waals surface area contributed by atoms with Crippen LogP contribution in [0.4, 0.5) is 11.4 Å². The van der Waals surface area contributed by atoms with Crippen molar-refractivity contribution in [2.24, 2.45) is 0 Å². The number of hydrogen-bond donors (Lipinski definition) is 0. The highest BCUT2D eigenvalue weighted by Crippen LogP contribution is 2.40. The Morgan fingerprint density at radius 3 is 1.62 bits per heavy atom. The van der Waals surface area contributed by atoms with Crippen molar-refractivity contribution < 1.29 is 9.85 Å². The molecule has 9 rings (SSSR count). The number of nitro groups is 2. The quantitative estimate of drug-likeness (QED) is 0.123. The SMILES string of the molecule is CC/C=C\c1c(C)n(-c2ccc3c(c2)c2cc(-n4c5ccccc5c5cc([N+](=O)[O-])ccc54)ccc2n3-c2ccccc2)c2ccc([N+](=O)[O-])cc12. The van der Waals surface area contributed by atoms with Gasteiger partial charge in [0.25, 0.3) is 11.4 Å². The molecule has 6 aromatic carbocycles. The molecule has 0 amide bonds. The number of para-hydroxylation sites is 2. The van der Waals surface area contributed by atoms with E-state index in [-0.39, 0.29) is 21.2 Å². The monoisotopic (exact) mass is 681 g/mol. The van der Waals surface area contributed by atoms with Crippen molar-refractivity contribution in [1.82, 2.24) is 13.7 Å². The highest BCUT2D eigenvalue weighted by atomic mass is 16.6. The normalized spacial score (nSPS) is 12.0. The van der Waals surface area contributed by atoms with Gasteiger partial charge < -0.3 is 13.7 Å². The standard InChI is InChI=1S/C43H31N5O4/c1-3-4-12-33-27(2)44(40-21-17-31(47(49)50)25-35(33)40)29-15-19-42-37(23-29)38-24-30(16-20-43(38)45(42)28-10-6-5-7-11-28)46-39-14-9-8-13-34(39)36-26-32(48(51)52)18-22-41(36)46/h4-26H,3H2,1-2H3/b12-4-. The number of nitro benzene ring substituents is 2. The minimum Gasteiger partial charge on any atom is -0.313 e. The first-order chi connectivity index (χ1) is 25.3. The molecule has 0 radical (unpaired) electrons. The van der Waals surface area contributed by atoms with Crippen LogP contribution in [-0.2, 0) is 0 Å². The molecule has 0 spiro atoms. The van der Waals surface area contributed by atoms with Crippen LogP contribution in [0.15, 0.2) is 133 Å². The van der Waals surface area contributed by atoms with E-state index < -0.39 is 0 Å². The van der Waals surface area contributed by atoms with Crippen molar-refractivity contribution in [3.05, 3.63) is 165 Å². The number of rotatable bonds is 7. The first-order valence-corrected chi connectivity index (χ1v) is 17.1. The Morgan fingerprint density at radius 2 is 1.00 bits per heavy atom. The molecular weight excluding hydrogens is 651 g/mol. The predicted molar refractivity (Wildman–Crippen MR) is 209 cm³/mol. The van der Waals surface area contributed by atoms with E-state index in [2.05, 4.69) is 88.2 Å². The van der Waals surface area contributed by atoms with E-state index in [4.69, 9.17) is 0 Å². The first kappa shape index (κ1) is 31.0. The molecule has 0 saturated heterocycles. The summed E-state index contributed by atoms with van der Waals surface area (Å²) in [5.41, 5.74) is 9.80. The maximum Gasteiger partial charge on any atom is 0.270 e. The minimum absolute atomic E-state index is 0.0556. The number of benzene rings is 6. The molecule has 0 fully saturated rings. The second-order valence-corrected chi connectivity index (χ2v) is 13.0. The average Bonchev–Trinajstić information content (AvgIpc) is 3.77. The van der Waals surface area contributed by atoms with Gasteiger partial charge in [-0.3, -0.25) is 20.2 Å². The summed E-state index contributed by atoms with van der Waals surface area (Å²) < 4.78 is 6.63. The van der Waals surface area contributed by atoms with Crippen LogP contribution in [0.25, 0.3) is 77.7 Å². The van der Waals surface area contributed by atoms with Crippen LogP contribution >= 0.6 is 0 Å². The highest BCUT2D eigenvalue weighted by molar-refractivity contribution is 6.13. The Hall–Kier alpha value is -7.00. The summed E-state index contributed by atoms with van der Waals surface area (Å²) in [6.07, 6.45) is 4.98. The number of aromatic nitrogens is 3. The van der Waals surface area contributed by atoms with Crippen LogP contribution in [0.3, 0.4) is 0 Å². The molecule has 0 aliphatic heterocycles. The molecule has 0 saturated carbocycles. The molecule has 9 nitrogen and oxygen atoms in total. The van der Waals surface area contributed by atoms with E-state index in [1.54, 1.807) is 24.3 Å². The lowest BCUT2D eigenvalue weighted by Crippen LogP contribution is -1.98. The summed E-state index contributed by atoms with van der Waals surface area (Å²) in [6.45, 7) is 4.13. The molecule has 252 valence electrons. The van der Waals surface area contributed by atoms with Crippen LogP contribution in [0.2, 0.25) is 0 Å². The number of nitrogens with zero attached hydrogens (tertiary/aromatic N) is 5. The second kappa shape index (κ2) is 11.8. The Bertz CT molecular complexity index is 2970. The van der Waals surface area contributed by atoms with Crippen LogP contribution in [-0.4, -0.2) is 23.5 Å². The van der Waals surface area contributed by atoms with Gasteiger partial charge in [0.15, 0.2) is 0 Å². The van der Waals surface area contributed by atoms with Gasteiger partial charge in [-0.1, -0.05) is 55.5 Å². The molecule has 3 heterocycles. The summed E-state index contributed by atoms with van der Waals surface area (Å²) in [5.74, 6) is 0. The molecule has 3 aromatic heterocycles. The van der Waals surface area contributed by atoms with Crippen LogP contribution in [0.5, 0.6) is 0 Å². The van der Waals surface area contributed by atoms with Gasteiger partial charge >= 0.3 is 0 Å². The van der Waals surface area contributed by atoms with E-state index in [0.717, 1.165) is 89.3 Å². The van der Waals surface area contributed by atoms with Crippen molar-refractivity contribution in [2.75, 3.05) is 0 Å². The zero-order valence-electron chi connectivity index (χ0n) is 28.4. The lowest BCUT2D eigenvalue weighted by molar-refractivity contribution is -0.384. The summed E-state index contributed by atoms with van der Waals surface area (Å²) in [7, 11) is 0. The lowest BCUT2D eigenvalue weighted by Gasteiger charge is -2.11. The fraction of sp³-hybridized carbons (Fsp3) is 0.0698. The smallest absolute Gasteiger partial charge is 0.270 e. The molecule has 0 unspecified atom stereocenters. The van der Waals surface area contributed by atoms with E-state index in [0.29, 0.717) is 0 Å². The fourth-order valence-electron chi connectivity index (χ4n) is 7.81. The summed E-state index contributed by atoms with van der Waals surface area (Å²) in [6, 6.07) is 41.3. The highest BCUT2D eigenvalue weighted by Gasteiger charge is 2.21. The van der Waals surface area contributed by atoms with Crippen LogP contribution in [0.1, 0.15) is 24.6 Å². The molecule has 52 heavy (non-hydrogen) atoms. The number of non-ortho nitro benzene ring substituents is 2. The van der Waals surface area contributed by atoms with Crippen molar-refractivity contribution >= 4 is 72.0 Å². The van der Waals surface area contributed by atoms with Gasteiger partial charge in [0.1, 0.15) is 0 Å². The molecule has 0 N–H and O–H groups in total. The van der Waals surface area contributed by atoms with E-state index >= 15 is 0 Å². The zero-order chi connectivity index (χ0) is 35.7. The molecular formula is C43H31N5O4. The lowest BCUT2D eigenvalue weighted by atomic mass is 10.1. The van der Waals surface area contributed by atoms with Gasteiger partial charge in [-0.2, -0.15) is 0 Å². The largest absolute Gasteiger partial charge is 0.313 e. The molecule has 0 atom stereocenters. The number of hydrogen-bond acceptors (Lipinski definition) is 4. The van der Waals surface area contributed by atoms with Crippen LogP contribution in [0, 0.1) is 27.2 Å². The van der Waals surface area contributed by atoms with E-state index in [1.165, 1.54) is 0 Å². The molecule has 9 heteroatoms. The third-order valence-corrected chi connectivity index (χ3v) is 10.1. The third kappa shape index (κ3) is 4.63. The van der Waals surface area contributed by atoms with Gasteiger partial charge in [0, 0.05) is 79.5 Å². The third-order valence-electron chi connectivity index (χ3n) is 10.1. The maximum atomic E-state index is 11.8. The molecule has 0 aliphatic carbocycles. The van der Waals surface area contributed by atoms with Gasteiger partial charge in [0.05, 0.1) is 37.4 Å². The van der Waals surface area contributed by atoms with Gasteiger partial charge in [-0.05, 0) is 80.1 Å². The maximum absolute atomic E-state index is 11.8. The molecule has 0 aliphatic rings. The minimum atomic E-state index is -0.354.